The molecule has 1 nitrogen and oxygen atoms in total. The summed E-state index contributed by atoms with van der Waals surface area (Å²) in [6, 6.07) is 0. The van der Waals surface area contributed by atoms with Crippen LogP contribution in [0.1, 0.15) is 13.8 Å². The van der Waals surface area contributed by atoms with Crippen molar-refractivity contribution in [3.05, 3.63) is 0 Å². The molecule has 0 aliphatic rings. The maximum Gasteiger partial charge on any atom is 0.0356 e. The van der Waals surface area contributed by atoms with Gasteiger partial charge >= 0.3 is 0 Å². The molecule has 0 aromatic rings. The minimum absolute atomic E-state index is 0.913. The molecule has 30 valence electrons. The number of rotatable bonds is 1. The van der Waals surface area contributed by atoms with E-state index < -0.39 is 0 Å². The zero-order valence-electron chi connectivity index (χ0n) is 3.73. The molecular weight excluding hydrogens is 65.0 g/mol. The quantitative estimate of drug-likeness (QED) is 0.326. The summed E-state index contributed by atoms with van der Waals surface area (Å²) in [7, 11) is 0. The van der Waals surface area contributed by atoms with Gasteiger partial charge in [0, 0.05) is 6.54 Å². The van der Waals surface area contributed by atoms with E-state index in [1.165, 1.54) is 0 Å². The lowest BCUT2D eigenvalue weighted by molar-refractivity contribution is 1.14. The lowest BCUT2D eigenvalue weighted by Crippen LogP contribution is -1.62. The number of hydrogen-bond donors (Lipinski definition) is 0. The third kappa shape index (κ3) is 3.67. The molecule has 0 radical (unpaired) electrons. The molecule has 0 rings (SSSR count). The van der Waals surface area contributed by atoms with Gasteiger partial charge in [0.25, 0.3) is 0 Å². The highest BCUT2D eigenvalue weighted by molar-refractivity contribution is 5.52. The molecule has 0 amide bonds. The Bertz CT molecular complexity index is 30.6. The van der Waals surface area contributed by atoms with Crippen LogP contribution in [0.3, 0.4) is 0 Å². The molecule has 0 atom stereocenters. The maximum absolute atomic E-state index is 3.85. The smallest absolute Gasteiger partial charge is 0.0356 e. The van der Waals surface area contributed by atoms with Gasteiger partial charge in [0.05, 0.1) is 0 Å². The summed E-state index contributed by atoms with van der Waals surface area (Å²) in [5, 5.41) is 0. The van der Waals surface area contributed by atoms with Gasteiger partial charge in [0.1, 0.15) is 0 Å². The zero-order chi connectivity index (χ0) is 4.12. The number of nitrogens with zero attached hydrogens (tertiary/aromatic N) is 1. The summed E-state index contributed by atoms with van der Waals surface area (Å²) in [5.41, 5.74) is 0. The largest absolute Gasteiger partial charge is 0.298 e. The van der Waals surface area contributed by atoms with Gasteiger partial charge in [-0.2, -0.15) is 0 Å². The van der Waals surface area contributed by atoms with Crippen molar-refractivity contribution in [2.45, 2.75) is 13.8 Å². The molecule has 0 aliphatic heterocycles. The van der Waals surface area contributed by atoms with Crippen LogP contribution < -0.4 is 0 Å². The van der Waals surface area contributed by atoms with Crippen molar-refractivity contribution < 1.29 is 0 Å². The highest BCUT2D eigenvalue weighted by atomic mass is 14.9. The van der Waals surface area contributed by atoms with Crippen molar-refractivity contribution in [2.75, 3.05) is 6.54 Å². The van der Waals surface area contributed by atoms with Crippen molar-refractivity contribution in [1.29, 1.82) is 0 Å². The molecule has 0 spiro atoms. The summed E-state index contributed by atoms with van der Waals surface area (Å²) in [6.07, 6.45) is 1.81. The van der Waals surface area contributed by atoms with Crippen LogP contribution in [0.5, 0.6) is 0 Å². The summed E-state index contributed by atoms with van der Waals surface area (Å²) in [4.78, 5) is 3.85. The first-order valence-electron chi connectivity index (χ1n) is 1.86. The van der Waals surface area contributed by atoms with E-state index in [9.17, 15) is 0 Å². The van der Waals surface area contributed by atoms with Gasteiger partial charge in [-0.15, -0.1) is 0 Å². The van der Waals surface area contributed by atoms with Crippen molar-refractivity contribution in [3.8, 4) is 0 Å². The third-order valence-corrected chi connectivity index (χ3v) is 0.365. The van der Waals surface area contributed by atoms with Crippen molar-refractivity contribution in [3.63, 3.8) is 0 Å². The second kappa shape index (κ2) is 3.67. The Kier molecular flexibility index (Phi) is 3.43. The Morgan fingerprint density at radius 3 is 2.40 bits per heavy atom. The van der Waals surface area contributed by atoms with Gasteiger partial charge < -0.3 is 0 Å². The Morgan fingerprint density at radius 2 is 2.40 bits per heavy atom. The average Bonchev–Trinajstić information content (AvgIpc) is 1.41. The van der Waals surface area contributed by atoms with Crippen LogP contribution >= 0.6 is 0 Å². The van der Waals surface area contributed by atoms with Crippen LogP contribution in [0.2, 0.25) is 0 Å². The SMILES string of the molecule is [13CH3]/C=N\[13CH2][13CH3]. The Morgan fingerprint density at radius 1 is 1.80 bits per heavy atom. The minimum atomic E-state index is 0.913. The van der Waals surface area contributed by atoms with E-state index >= 15 is 0 Å². The number of aliphatic imine (C=N–C) groups is 1. The molecule has 0 aromatic heterocycles. The van der Waals surface area contributed by atoms with Gasteiger partial charge in [-0.1, -0.05) is 0 Å². The van der Waals surface area contributed by atoms with Gasteiger partial charge in [-0.05, 0) is 20.1 Å². The van der Waals surface area contributed by atoms with E-state index in [0.29, 0.717) is 0 Å². The minimum Gasteiger partial charge on any atom is -0.298 e. The van der Waals surface area contributed by atoms with Gasteiger partial charge in [-0.25, -0.2) is 0 Å². The molecule has 0 unspecified atom stereocenters. The molecule has 1 heteroatoms. The molecule has 0 N–H and O–H groups in total. The topological polar surface area (TPSA) is 12.4 Å². The lowest BCUT2D eigenvalue weighted by Gasteiger charge is -1.68. The fraction of sp³-hybridized carbons (Fsp3) is 0.750. The molecule has 0 fully saturated rings. The first-order valence-corrected chi connectivity index (χ1v) is 1.86. The van der Waals surface area contributed by atoms with Crippen molar-refractivity contribution >= 4 is 6.21 Å². The van der Waals surface area contributed by atoms with Gasteiger partial charge in [0.2, 0.25) is 0 Å². The Labute approximate surface area is 32.7 Å². The molecule has 0 saturated carbocycles. The van der Waals surface area contributed by atoms with E-state index in [2.05, 4.69) is 4.99 Å². The molecule has 0 aliphatic carbocycles. The Balaban J connectivity index is 2.62. The third-order valence-electron chi connectivity index (χ3n) is 0.365. The van der Waals surface area contributed by atoms with Gasteiger partial charge in [0.15, 0.2) is 0 Å². The van der Waals surface area contributed by atoms with E-state index in [1.54, 1.807) is 6.21 Å². The van der Waals surface area contributed by atoms with Crippen LogP contribution in [0, 0.1) is 0 Å². The highest BCUT2D eigenvalue weighted by Gasteiger charge is 1.51. The molecular formula is C4H9N. The van der Waals surface area contributed by atoms with Gasteiger partial charge in [-0.3, -0.25) is 4.99 Å². The second-order valence-corrected chi connectivity index (χ2v) is 0.757. The molecule has 0 saturated heterocycles. The normalized spacial score (nSPS) is 10.0. The van der Waals surface area contributed by atoms with E-state index in [4.69, 9.17) is 0 Å². The first-order chi connectivity index (χ1) is 2.41. The highest BCUT2D eigenvalue weighted by Crippen LogP contribution is 1.57. The fourth-order valence-corrected chi connectivity index (χ4v) is 0.183. The van der Waals surface area contributed by atoms with E-state index in [0.717, 1.165) is 6.54 Å². The van der Waals surface area contributed by atoms with Crippen LogP contribution in [0.15, 0.2) is 4.99 Å². The fourth-order valence-electron chi connectivity index (χ4n) is 0.183. The monoisotopic (exact) mass is 74.1 g/mol. The van der Waals surface area contributed by atoms with E-state index in [1.807, 2.05) is 13.8 Å². The van der Waals surface area contributed by atoms with Crippen LogP contribution in [-0.4, -0.2) is 12.8 Å². The average molecular weight is 74.1 g/mol. The summed E-state index contributed by atoms with van der Waals surface area (Å²) < 4.78 is 0. The molecule has 0 heterocycles. The van der Waals surface area contributed by atoms with Crippen LogP contribution in [-0.2, 0) is 0 Å². The van der Waals surface area contributed by atoms with E-state index in [-0.39, 0.29) is 0 Å². The summed E-state index contributed by atoms with van der Waals surface area (Å²) in [6.45, 7) is 4.85. The lowest BCUT2D eigenvalue weighted by atomic mass is 11.2. The first kappa shape index (κ1) is 4.67. The van der Waals surface area contributed by atoms with Crippen LogP contribution in [0.25, 0.3) is 0 Å². The predicted octanol–water partition coefficient (Wildman–Crippen LogP) is 1.10. The summed E-state index contributed by atoms with van der Waals surface area (Å²) in [5.74, 6) is 0. The second-order valence-electron chi connectivity index (χ2n) is 0.757. The molecule has 0 aromatic carbocycles. The zero-order valence-corrected chi connectivity index (χ0v) is 3.73. The molecule has 5 heavy (non-hydrogen) atoms. The predicted molar refractivity (Wildman–Crippen MR) is 24.7 cm³/mol. The Hall–Kier alpha value is -0.330. The van der Waals surface area contributed by atoms with Crippen molar-refractivity contribution in [1.82, 2.24) is 0 Å². The number of hydrogen-bond acceptors (Lipinski definition) is 1. The van der Waals surface area contributed by atoms with Crippen molar-refractivity contribution in [2.24, 2.45) is 4.99 Å². The summed E-state index contributed by atoms with van der Waals surface area (Å²) >= 11 is 0. The molecule has 0 bridgehead atoms. The maximum atomic E-state index is 3.85. The van der Waals surface area contributed by atoms with Crippen LogP contribution in [0.4, 0.5) is 0 Å². The standard InChI is InChI=1S/C4H9N/c1-3-5-4-2/h3H,4H2,1-2H3/b5-3-/i1+1,2+1,4+1.